The molecule has 0 spiro atoms. The van der Waals surface area contributed by atoms with E-state index in [4.69, 9.17) is 19.4 Å². The van der Waals surface area contributed by atoms with Crippen LogP contribution in [0.15, 0.2) is 186 Å². The zero-order valence-corrected chi connectivity index (χ0v) is 33.5. The van der Waals surface area contributed by atoms with E-state index in [0.29, 0.717) is 17.6 Å². The number of benzene rings is 9. The first kappa shape index (κ1) is 34.0. The number of rotatable bonds is 4. The third-order valence-electron chi connectivity index (χ3n) is 13.0. The first-order valence-corrected chi connectivity index (χ1v) is 20.9. The number of fused-ring (bicyclic) bond motifs is 14. The largest absolute Gasteiger partial charge is 0.456 e. The van der Waals surface area contributed by atoms with Crippen LogP contribution in [0.4, 0.5) is 0 Å². The second-order valence-corrected chi connectivity index (χ2v) is 16.7. The summed E-state index contributed by atoms with van der Waals surface area (Å²) in [5.41, 5.74) is 12.9. The van der Waals surface area contributed by atoms with E-state index in [1.54, 1.807) is 0 Å². The van der Waals surface area contributed by atoms with E-state index in [0.717, 1.165) is 66.0 Å². The molecule has 0 bridgehead atoms. The van der Waals surface area contributed by atoms with Crippen LogP contribution in [0.25, 0.3) is 116 Å². The second kappa shape index (κ2) is 12.6. The summed E-state index contributed by atoms with van der Waals surface area (Å²) in [6.45, 7) is 4.69. The molecular formula is C56H36N4O. The maximum Gasteiger partial charge on any atom is 0.238 e. The zero-order chi connectivity index (χ0) is 40.4. The molecule has 0 saturated heterocycles. The van der Waals surface area contributed by atoms with Crippen LogP contribution >= 0.6 is 0 Å². The van der Waals surface area contributed by atoms with Gasteiger partial charge in [-0.15, -0.1) is 0 Å². The van der Waals surface area contributed by atoms with Crippen molar-refractivity contribution < 1.29 is 4.42 Å². The molecule has 61 heavy (non-hydrogen) atoms. The molecule has 0 unspecified atom stereocenters. The van der Waals surface area contributed by atoms with Gasteiger partial charge in [-0.25, -0.2) is 4.98 Å². The molecule has 0 atom stereocenters. The summed E-state index contributed by atoms with van der Waals surface area (Å²) in [7, 11) is 0. The minimum Gasteiger partial charge on any atom is -0.456 e. The van der Waals surface area contributed by atoms with Crippen LogP contribution in [0, 0.1) is 0 Å². The fourth-order valence-electron chi connectivity index (χ4n) is 10.2. The average molecular weight is 781 g/mol. The van der Waals surface area contributed by atoms with E-state index < -0.39 is 0 Å². The highest BCUT2D eigenvalue weighted by Crippen LogP contribution is 2.51. The maximum absolute atomic E-state index is 6.39. The summed E-state index contributed by atoms with van der Waals surface area (Å²) in [4.78, 5) is 16.1. The number of hydrogen-bond acceptors (Lipinski definition) is 4. The second-order valence-electron chi connectivity index (χ2n) is 16.7. The quantitative estimate of drug-likeness (QED) is 0.167. The Morgan fingerprint density at radius 3 is 1.84 bits per heavy atom. The van der Waals surface area contributed by atoms with Crippen molar-refractivity contribution in [1.29, 1.82) is 0 Å². The number of nitrogens with zero attached hydrogens (tertiary/aromatic N) is 4. The van der Waals surface area contributed by atoms with Gasteiger partial charge in [-0.05, 0) is 68.2 Å². The number of para-hydroxylation sites is 2. The first-order valence-electron chi connectivity index (χ1n) is 20.9. The molecule has 5 heteroatoms. The standard InChI is InChI=1S/C56H36N4O/c1-56(2)46-25-12-10-19-39(46)40-29-27-34(31-47(40)56)36-23-14-24-45-50-43-21-8-6-17-37(43)38-18-7-9-22-44(38)52(50)60(51(36)45)55-58-53(33-15-4-3-5-16-33)57-54(59-55)35-28-30-42-41-20-11-13-26-48(41)61-49(42)32-35/h3-32H,1-2H3. The summed E-state index contributed by atoms with van der Waals surface area (Å²) in [5, 5.41) is 9.18. The van der Waals surface area contributed by atoms with Gasteiger partial charge in [0.1, 0.15) is 11.2 Å². The fourth-order valence-corrected chi connectivity index (χ4v) is 10.2. The third-order valence-corrected chi connectivity index (χ3v) is 13.0. The zero-order valence-electron chi connectivity index (χ0n) is 33.5. The summed E-state index contributed by atoms with van der Waals surface area (Å²) >= 11 is 0. The normalized spacial score (nSPS) is 13.2. The van der Waals surface area contributed by atoms with E-state index in [1.165, 1.54) is 43.8 Å². The van der Waals surface area contributed by atoms with Gasteiger partial charge in [0.25, 0.3) is 0 Å². The van der Waals surface area contributed by atoms with Gasteiger partial charge in [-0.1, -0.05) is 172 Å². The van der Waals surface area contributed by atoms with E-state index in [9.17, 15) is 0 Å². The van der Waals surface area contributed by atoms with Gasteiger partial charge < -0.3 is 4.42 Å². The Morgan fingerprint density at radius 1 is 0.393 bits per heavy atom. The Labute approximate surface area is 351 Å². The van der Waals surface area contributed by atoms with Crippen molar-refractivity contribution in [2.75, 3.05) is 0 Å². The lowest BCUT2D eigenvalue weighted by molar-refractivity contribution is 0.660. The van der Waals surface area contributed by atoms with Gasteiger partial charge in [-0.2, -0.15) is 9.97 Å². The summed E-state index contributed by atoms with van der Waals surface area (Å²) < 4.78 is 8.71. The monoisotopic (exact) mass is 780 g/mol. The lowest BCUT2D eigenvalue weighted by atomic mass is 9.81. The van der Waals surface area contributed by atoms with Crippen LogP contribution in [0.1, 0.15) is 25.0 Å². The van der Waals surface area contributed by atoms with Gasteiger partial charge in [0, 0.05) is 49.0 Å². The smallest absolute Gasteiger partial charge is 0.238 e. The van der Waals surface area contributed by atoms with Crippen molar-refractivity contribution in [2.24, 2.45) is 0 Å². The molecule has 1 aliphatic rings. The molecule has 0 radical (unpaired) electrons. The van der Waals surface area contributed by atoms with Crippen LogP contribution in [0.2, 0.25) is 0 Å². The van der Waals surface area contributed by atoms with Gasteiger partial charge in [-0.3, -0.25) is 4.57 Å². The SMILES string of the molecule is CC1(C)c2ccccc2-c2ccc(-c3cccc4c5c6ccccc6c6ccccc6c5n(-c5nc(-c6ccccc6)nc(-c6ccc7c(c6)oc6ccccc67)n5)c34)cc21. The van der Waals surface area contributed by atoms with Crippen LogP contribution in [0.3, 0.4) is 0 Å². The third kappa shape index (κ3) is 4.86. The molecule has 13 rings (SSSR count). The van der Waals surface area contributed by atoms with Crippen LogP contribution in [0.5, 0.6) is 0 Å². The number of aromatic nitrogens is 4. The first-order chi connectivity index (χ1) is 30.0. The van der Waals surface area contributed by atoms with Gasteiger partial charge in [0.15, 0.2) is 11.6 Å². The Hall–Kier alpha value is -7.89. The summed E-state index contributed by atoms with van der Waals surface area (Å²) in [5.74, 6) is 1.72. The summed E-state index contributed by atoms with van der Waals surface area (Å²) in [6, 6.07) is 64.8. The van der Waals surface area contributed by atoms with Crippen molar-refractivity contribution in [3.05, 3.63) is 193 Å². The molecule has 5 nitrogen and oxygen atoms in total. The van der Waals surface area contributed by atoms with Gasteiger partial charge in [0.2, 0.25) is 5.95 Å². The highest BCUT2D eigenvalue weighted by Gasteiger charge is 2.35. The molecule has 0 saturated carbocycles. The average Bonchev–Trinajstić information content (AvgIpc) is 3.95. The van der Waals surface area contributed by atoms with Crippen LogP contribution < -0.4 is 0 Å². The molecule has 0 fully saturated rings. The van der Waals surface area contributed by atoms with E-state index in [-0.39, 0.29) is 5.41 Å². The van der Waals surface area contributed by atoms with Gasteiger partial charge >= 0.3 is 0 Å². The fraction of sp³-hybridized carbons (Fsp3) is 0.0536. The maximum atomic E-state index is 6.39. The Bertz CT molecular complexity index is 3800. The minimum absolute atomic E-state index is 0.149. The molecule has 3 heterocycles. The predicted molar refractivity (Wildman–Crippen MR) is 250 cm³/mol. The minimum atomic E-state index is -0.149. The Morgan fingerprint density at radius 2 is 1.00 bits per heavy atom. The molecule has 0 N–H and O–H groups in total. The lowest BCUT2D eigenvalue weighted by Gasteiger charge is -2.22. The predicted octanol–water partition coefficient (Wildman–Crippen LogP) is 14.5. The molecule has 0 aliphatic heterocycles. The topological polar surface area (TPSA) is 56.7 Å². The Kier molecular flexibility index (Phi) is 7.00. The van der Waals surface area contributed by atoms with E-state index >= 15 is 0 Å². The van der Waals surface area contributed by atoms with Crippen molar-refractivity contribution in [3.8, 4) is 51.0 Å². The van der Waals surface area contributed by atoms with Crippen molar-refractivity contribution in [1.82, 2.24) is 19.5 Å². The molecule has 0 amide bonds. The summed E-state index contributed by atoms with van der Waals surface area (Å²) in [6.07, 6.45) is 0. The molecular weight excluding hydrogens is 745 g/mol. The highest BCUT2D eigenvalue weighted by atomic mass is 16.3. The van der Waals surface area contributed by atoms with E-state index in [1.807, 2.05) is 36.4 Å². The molecule has 1 aliphatic carbocycles. The van der Waals surface area contributed by atoms with Crippen molar-refractivity contribution in [2.45, 2.75) is 19.3 Å². The molecule has 12 aromatic rings. The van der Waals surface area contributed by atoms with Gasteiger partial charge in [0.05, 0.1) is 11.0 Å². The highest BCUT2D eigenvalue weighted by molar-refractivity contribution is 6.33. The van der Waals surface area contributed by atoms with Crippen LogP contribution in [-0.4, -0.2) is 19.5 Å². The van der Waals surface area contributed by atoms with Crippen molar-refractivity contribution in [3.63, 3.8) is 0 Å². The van der Waals surface area contributed by atoms with Crippen LogP contribution in [-0.2, 0) is 5.41 Å². The lowest BCUT2D eigenvalue weighted by Crippen LogP contribution is -2.14. The van der Waals surface area contributed by atoms with E-state index in [2.05, 4.69) is 164 Å². The molecule has 3 aromatic heterocycles. The molecule has 9 aromatic carbocycles. The number of hydrogen-bond donors (Lipinski definition) is 0. The Balaban J connectivity index is 1.16. The number of furan rings is 1. The molecule has 286 valence electrons. The van der Waals surface area contributed by atoms with Crippen molar-refractivity contribution >= 4 is 65.3 Å².